The molecule has 0 spiro atoms. The number of carbonyl (C=O) groups is 2. The van der Waals surface area contributed by atoms with Crippen molar-refractivity contribution in [3.05, 3.63) is 81.8 Å². The number of hydrazone groups is 1. The number of amides is 2. The van der Waals surface area contributed by atoms with E-state index >= 15 is 0 Å². The first-order valence-electron chi connectivity index (χ1n) is 10.5. The number of rotatable bonds is 8. The maximum atomic E-state index is 13.1. The summed E-state index contributed by atoms with van der Waals surface area (Å²) in [6.07, 6.45) is 1.82. The molecular weight excluding hydrogens is 489 g/mol. The minimum Gasteiger partial charge on any atom is -0.455 e. The Morgan fingerprint density at radius 3 is 2.52 bits per heavy atom. The van der Waals surface area contributed by atoms with Gasteiger partial charge in [0.2, 0.25) is 0 Å². The first kappa shape index (κ1) is 24.4. The van der Waals surface area contributed by atoms with Crippen LogP contribution in [0.1, 0.15) is 41.9 Å². The molecule has 0 bridgehead atoms. The summed E-state index contributed by atoms with van der Waals surface area (Å²) in [6, 6.07) is 13.9. The normalized spacial score (nSPS) is 12.2. The predicted octanol–water partition coefficient (Wildman–Crippen LogP) is 5.45. The number of nitrogens with one attached hydrogen (secondary N) is 2. The van der Waals surface area contributed by atoms with Gasteiger partial charge in [-0.3, -0.25) is 9.59 Å². The number of carbonyl (C=O) groups excluding carboxylic acids is 2. The van der Waals surface area contributed by atoms with Crippen LogP contribution in [0.25, 0.3) is 11.3 Å². The highest BCUT2D eigenvalue weighted by atomic mass is 79.9. The van der Waals surface area contributed by atoms with Gasteiger partial charge in [-0.15, -0.1) is 0 Å². The summed E-state index contributed by atoms with van der Waals surface area (Å²) in [5.74, 6) is -0.0676. The van der Waals surface area contributed by atoms with Crippen LogP contribution in [0.4, 0.5) is 4.39 Å². The SMILES string of the molecule is Cc1ccc(-c2ccc(/C=N\NC(=O)[C@@H](CC(C)C)NC(=O)c3ccc(F)cc3)o2)c(Br)c1. The van der Waals surface area contributed by atoms with Crippen LogP contribution in [0.15, 0.2) is 68.6 Å². The molecule has 33 heavy (non-hydrogen) atoms. The van der Waals surface area contributed by atoms with E-state index in [9.17, 15) is 14.0 Å². The molecule has 8 heteroatoms. The lowest BCUT2D eigenvalue weighted by molar-refractivity contribution is -0.123. The third-order valence-corrected chi connectivity index (χ3v) is 5.47. The van der Waals surface area contributed by atoms with Crippen LogP contribution < -0.4 is 10.7 Å². The van der Waals surface area contributed by atoms with Gasteiger partial charge < -0.3 is 9.73 Å². The van der Waals surface area contributed by atoms with Crippen molar-refractivity contribution in [1.29, 1.82) is 0 Å². The van der Waals surface area contributed by atoms with E-state index in [4.69, 9.17) is 4.42 Å². The Morgan fingerprint density at radius 2 is 1.85 bits per heavy atom. The number of benzene rings is 2. The number of furan rings is 1. The third-order valence-electron chi connectivity index (χ3n) is 4.82. The van der Waals surface area contributed by atoms with E-state index in [0.29, 0.717) is 17.9 Å². The lowest BCUT2D eigenvalue weighted by Crippen LogP contribution is -2.46. The predicted molar refractivity (Wildman–Crippen MR) is 129 cm³/mol. The van der Waals surface area contributed by atoms with Gasteiger partial charge >= 0.3 is 0 Å². The van der Waals surface area contributed by atoms with Crippen LogP contribution >= 0.6 is 15.9 Å². The molecule has 0 aliphatic heterocycles. The molecule has 172 valence electrons. The number of nitrogens with zero attached hydrogens (tertiary/aromatic N) is 1. The zero-order chi connectivity index (χ0) is 24.0. The first-order chi connectivity index (χ1) is 15.7. The van der Waals surface area contributed by atoms with E-state index in [0.717, 1.165) is 15.6 Å². The Morgan fingerprint density at radius 1 is 1.12 bits per heavy atom. The van der Waals surface area contributed by atoms with E-state index in [1.54, 1.807) is 6.07 Å². The average Bonchev–Trinajstić information content (AvgIpc) is 3.21. The molecule has 2 aromatic carbocycles. The second-order valence-electron chi connectivity index (χ2n) is 8.08. The summed E-state index contributed by atoms with van der Waals surface area (Å²) >= 11 is 3.54. The third kappa shape index (κ3) is 6.86. The molecule has 0 saturated carbocycles. The Balaban J connectivity index is 1.64. The summed E-state index contributed by atoms with van der Waals surface area (Å²) in [5, 5.41) is 6.67. The van der Waals surface area contributed by atoms with Crippen LogP contribution in [0.2, 0.25) is 0 Å². The average molecular weight is 514 g/mol. The first-order valence-corrected chi connectivity index (χ1v) is 11.3. The van der Waals surface area contributed by atoms with E-state index < -0.39 is 23.7 Å². The Kier molecular flexibility index (Phi) is 8.16. The van der Waals surface area contributed by atoms with Gasteiger partial charge in [-0.2, -0.15) is 5.10 Å². The lowest BCUT2D eigenvalue weighted by Gasteiger charge is -2.19. The van der Waals surface area contributed by atoms with Crippen molar-refractivity contribution in [3.63, 3.8) is 0 Å². The Hall–Kier alpha value is -3.26. The van der Waals surface area contributed by atoms with Crippen LogP contribution in [0, 0.1) is 18.7 Å². The molecule has 1 atom stereocenters. The molecule has 0 fully saturated rings. The van der Waals surface area contributed by atoms with E-state index in [1.165, 1.54) is 30.5 Å². The minimum absolute atomic E-state index is 0.152. The second-order valence-corrected chi connectivity index (χ2v) is 8.94. The van der Waals surface area contributed by atoms with E-state index in [-0.39, 0.29) is 11.5 Å². The zero-order valence-corrected chi connectivity index (χ0v) is 20.1. The van der Waals surface area contributed by atoms with Gasteiger partial charge in [0.25, 0.3) is 11.8 Å². The molecule has 3 aromatic rings. The Bertz CT molecular complexity index is 1160. The van der Waals surface area contributed by atoms with Gasteiger partial charge in [-0.25, -0.2) is 9.82 Å². The van der Waals surface area contributed by atoms with Gasteiger partial charge in [0.1, 0.15) is 23.4 Å². The summed E-state index contributed by atoms with van der Waals surface area (Å²) in [7, 11) is 0. The molecule has 0 aliphatic rings. The smallest absolute Gasteiger partial charge is 0.262 e. The topological polar surface area (TPSA) is 83.7 Å². The fraction of sp³-hybridized carbons (Fsp3) is 0.240. The molecule has 3 rings (SSSR count). The number of hydrogen-bond acceptors (Lipinski definition) is 4. The standard InChI is InChI=1S/C25H25BrFN3O3/c1-15(2)12-22(29-24(31)17-5-7-18(27)8-6-17)25(32)30-28-14-19-9-11-23(33-19)20-10-4-16(3)13-21(20)26/h4-11,13-15,22H,12H2,1-3H3,(H,29,31)(H,30,32)/b28-14-/t22-/m1/s1. The highest BCUT2D eigenvalue weighted by molar-refractivity contribution is 9.10. The van der Waals surface area contributed by atoms with Gasteiger partial charge in [0.05, 0.1) is 6.21 Å². The Labute approximate surface area is 200 Å². The summed E-state index contributed by atoms with van der Waals surface area (Å²) in [6.45, 7) is 5.90. The molecule has 6 nitrogen and oxygen atoms in total. The van der Waals surface area contributed by atoms with Gasteiger partial charge in [-0.05, 0) is 73.4 Å². The van der Waals surface area contributed by atoms with Gasteiger partial charge in [0, 0.05) is 15.6 Å². The maximum Gasteiger partial charge on any atom is 0.262 e. The van der Waals surface area contributed by atoms with Crippen LogP contribution in [-0.4, -0.2) is 24.1 Å². The van der Waals surface area contributed by atoms with Crippen molar-refractivity contribution >= 4 is 34.0 Å². The lowest BCUT2D eigenvalue weighted by atomic mass is 10.0. The van der Waals surface area contributed by atoms with Crippen molar-refractivity contribution < 1.29 is 18.4 Å². The van der Waals surface area contributed by atoms with Crippen molar-refractivity contribution in [2.75, 3.05) is 0 Å². The molecule has 0 saturated heterocycles. The summed E-state index contributed by atoms with van der Waals surface area (Å²) in [5.41, 5.74) is 4.76. The second kappa shape index (κ2) is 11.0. The zero-order valence-electron chi connectivity index (χ0n) is 18.6. The largest absolute Gasteiger partial charge is 0.455 e. The van der Waals surface area contributed by atoms with Crippen LogP contribution in [-0.2, 0) is 4.79 Å². The van der Waals surface area contributed by atoms with Crippen molar-refractivity contribution in [2.24, 2.45) is 11.0 Å². The number of aryl methyl sites for hydroxylation is 1. The number of halogens is 2. The van der Waals surface area contributed by atoms with Crippen LogP contribution in [0.5, 0.6) is 0 Å². The van der Waals surface area contributed by atoms with Crippen molar-refractivity contribution in [3.8, 4) is 11.3 Å². The highest BCUT2D eigenvalue weighted by Crippen LogP contribution is 2.30. The van der Waals surface area contributed by atoms with E-state index in [2.05, 4.69) is 31.8 Å². The molecule has 0 unspecified atom stereocenters. The van der Waals surface area contributed by atoms with E-state index in [1.807, 2.05) is 45.0 Å². The van der Waals surface area contributed by atoms with Crippen molar-refractivity contribution in [2.45, 2.75) is 33.2 Å². The fourth-order valence-electron chi connectivity index (χ4n) is 3.17. The summed E-state index contributed by atoms with van der Waals surface area (Å²) in [4.78, 5) is 25.1. The monoisotopic (exact) mass is 513 g/mol. The minimum atomic E-state index is -0.796. The highest BCUT2D eigenvalue weighted by Gasteiger charge is 2.22. The molecule has 2 amide bonds. The number of hydrogen-bond donors (Lipinski definition) is 2. The fourth-order valence-corrected chi connectivity index (χ4v) is 3.86. The molecule has 0 radical (unpaired) electrons. The van der Waals surface area contributed by atoms with Crippen LogP contribution in [0.3, 0.4) is 0 Å². The molecule has 1 aromatic heterocycles. The molecule has 1 heterocycles. The quantitative estimate of drug-likeness (QED) is 0.310. The van der Waals surface area contributed by atoms with Gasteiger partial charge in [-0.1, -0.05) is 35.8 Å². The summed E-state index contributed by atoms with van der Waals surface area (Å²) < 4.78 is 19.8. The molecule has 2 N–H and O–H groups in total. The van der Waals surface area contributed by atoms with Gasteiger partial charge in [0.15, 0.2) is 0 Å². The molecular formula is C25H25BrFN3O3. The van der Waals surface area contributed by atoms with Crippen molar-refractivity contribution in [1.82, 2.24) is 10.7 Å². The molecule has 0 aliphatic carbocycles. The maximum absolute atomic E-state index is 13.1.